The molecule has 0 spiro atoms. The predicted octanol–water partition coefficient (Wildman–Crippen LogP) is 1.42. The molecule has 1 aromatic carbocycles. The van der Waals surface area contributed by atoms with E-state index in [2.05, 4.69) is 0 Å². The van der Waals surface area contributed by atoms with E-state index in [-0.39, 0.29) is 22.9 Å². The summed E-state index contributed by atoms with van der Waals surface area (Å²) < 4.78 is 29.1. The summed E-state index contributed by atoms with van der Waals surface area (Å²) >= 11 is 5.89. The fourth-order valence-electron chi connectivity index (χ4n) is 1.65. The molecule has 0 unspecified atom stereocenters. The van der Waals surface area contributed by atoms with Crippen LogP contribution in [0.25, 0.3) is 0 Å². The second-order valence-corrected chi connectivity index (χ2v) is 5.89. The normalized spacial score (nSPS) is 18.5. The van der Waals surface area contributed by atoms with Crippen molar-refractivity contribution < 1.29 is 17.9 Å². The maximum atomic E-state index is 11.7. The van der Waals surface area contributed by atoms with Crippen molar-refractivity contribution >= 4 is 33.2 Å². The average molecular weight is 276 g/mol. The SMILES string of the molecule is COc1ccc(N2C(=O)CCS2(=O)=O)cc1Cl. The molecule has 17 heavy (non-hydrogen) atoms. The third-order valence-corrected chi connectivity index (χ3v) is 4.43. The van der Waals surface area contributed by atoms with Crippen molar-refractivity contribution in [2.75, 3.05) is 17.2 Å². The van der Waals surface area contributed by atoms with Gasteiger partial charge in [0.05, 0.1) is 23.6 Å². The van der Waals surface area contributed by atoms with Crippen molar-refractivity contribution in [1.29, 1.82) is 0 Å². The lowest BCUT2D eigenvalue weighted by Crippen LogP contribution is -2.29. The average Bonchev–Trinajstić information content (AvgIpc) is 2.53. The fourth-order valence-corrected chi connectivity index (χ4v) is 3.35. The van der Waals surface area contributed by atoms with E-state index in [1.165, 1.54) is 25.3 Å². The van der Waals surface area contributed by atoms with Gasteiger partial charge in [-0.25, -0.2) is 12.7 Å². The molecule has 1 saturated heterocycles. The summed E-state index contributed by atoms with van der Waals surface area (Å²) in [5.74, 6) is -0.166. The van der Waals surface area contributed by atoms with Crippen LogP contribution >= 0.6 is 11.6 Å². The van der Waals surface area contributed by atoms with Gasteiger partial charge in [-0.2, -0.15) is 0 Å². The third-order valence-electron chi connectivity index (χ3n) is 2.45. The number of hydrogen-bond acceptors (Lipinski definition) is 4. The second kappa shape index (κ2) is 4.19. The number of rotatable bonds is 2. The summed E-state index contributed by atoms with van der Waals surface area (Å²) in [6.45, 7) is 0. The van der Waals surface area contributed by atoms with Crippen LogP contribution in [-0.4, -0.2) is 27.2 Å². The summed E-state index contributed by atoms with van der Waals surface area (Å²) in [7, 11) is -2.08. The second-order valence-electron chi connectivity index (χ2n) is 3.54. The molecular formula is C10H10ClNO4S. The van der Waals surface area contributed by atoms with Crippen LogP contribution in [0.1, 0.15) is 6.42 Å². The van der Waals surface area contributed by atoms with Gasteiger partial charge in [0.1, 0.15) is 5.75 Å². The molecule has 0 saturated carbocycles. The summed E-state index contributed by atoms with van der Waals surface area (Å²) in [5.41, 5.74) is 0.248. The monoisotopic (exact) mass is 275 g/mol. The van der Waals surface area contributed by atoms with E-state index in [1.54, 1.807) is 0 Å². The Morgan fingerprint density at radius 2 is 2.12 bits per heavy atom. The molecule has 92 valence electrons. The molecule has 0 radical (unpaired) electrons. The molecule has 0 atom stereocenters. The van der Waals surface area contributed by atoms with Gasteiger partial charge in [0.25, 0.3) is 0 Å². The van der Waals surface area contributed by atoms with E-state index in [4.69, 9.17) is 16.3 Å². The number of methoxy groups -OCH3 is 1. The molecular weight excluding hydrogens is 266 g/mol. The molecule has 1 fully saturated rings. The van der Waals surface area contributed by atoms with Crippen LogP contribution in [0.3, 0.4) is 0 Å². The van der Waals surface area contributed by atoms with Gasteiger partial charge in [0.2, 0.25) is 15.9 Å². The lowest BCUT2D eigenvalue weighted by molar-refractivity contribution is -0.116. The Morgan fingerprint density at radius 3 is 2.59 bits per heavy atom. The Morgan fingerprint density at radius 1 is 1.41 bits per heavy atom. The highest BCUT2D eigenvalue weighted by Crippen LogP contribution is 2.32. The van der Waals surface area contributed by atoms with E-state index in [1.807, 2.05) is 0 Å². The highest BCUT2D eigenvalue weighted by molar-refractivity contribution is 7.94. The smallest absolute Gasteiger partial charge is 0.242 e. The first-order valence-electron chi connectivity index (χ1n) is 4.85. The van der Waals surface area contributed by atoms with Crippen molar-refractivity contribution in [3.63, 3.8) is 0 Å². The van der Waals surface area contributed by atoms with Crippen molar-refractivity contribution in [1.82, 2.24) is 0 Å². The van der Waals surface area contributed by atoms with Crippen LogP contribution in [0.15, 0.2) is 18.2 Å². The minimum Gasteiger partial charge on any atom is -0.495 e. The predicted molar refractivity (Wildman–Crippen MR) is 63.9 cm³/mol. The standard InChI is InChI=1S/C10H10ClNO4S/c1-16-9-3-2-7(6-8(9)11)12-10(13)4-5-17(12,14)15/h2-3,6H,4-5H2,1H3. The minimum atomic E-state index is -3.54. The van der Waals surface area contributed by atoms with E-state index in [0.29, 0.717) is 5.75 Å². The van der Waals surface area contributed by atoms with Crippen LogP contribution in [0.4, 0.5) is 5.69 Å². The van der Waals surface area contributed by atoms with Gasteiger partial charge >= 0.3 is 0 Å². The topological polar surface area (TPSA) is 63.7 Å². The summed E-state index contributed by atoms with van der Waals surface area (Å²) in [6, 6.07) is 4.42. The number of ether oxygens (including phenoxy) is 1. The summed E-state index contributed by atoms with van der Waals surface area (Å²) in [6.07, 6.45) is 0.00593. The van der Waals surface area contributed by atoms with Crippen LogP contribution < -0.4 is 9.04 Å². The highest BCUT2D eigenvalue weighted by Gasteiger charge is 2.36. The molecule has 1 aliphatic heterocycles. The number of hydrogen-bond donors (Lipinski definition) is 0. The number of anilines is 1. The number of amides is 1. The summed E-state index contributed by atoms with van der Waals surface area (Å²) in [5, 5.41) is 0.264. The van der Waals surface area contributed by atoms with Gasteiger partial charge in [-0.05, 0) is 18.2 Å². The molecule has 1 aliphatic rings. The zero-order valence-electron chi connectivity index (χ0n) is 9.01. The Hall–Kier alpha value is -1.27. The van der Waals surface area contributed by atoms with Gasteiger partial charge in [0.15, 0.2) is 0 Å². The lowest BCUT2D eigenvalue weighted by Gasteiger charge is -2.15. The Balaban J connectivity index is 2.47. The van der Waals surface area contributed by atoms with Crippen molar-refractivity contribution in [3.05, 3.63) is 23.2 Å². The van der Waals surface area contributed by atoms with Crippen molar-refractivity contribution in [2.24, 2.45) is 0 Å². The molecule has 7 heteroatoms. The van der Waals surface area contributed by atoms with Crippen LogP contribution in [0, 0.1) is 0 Å². The first-order chi connectivity index (χ1) is 7.95. The maximum absolute atomic E-state index is 11.7. The lowest BCUT2D eigenvalue weighted by atomic mass is 10.3. The number of carbonyl (C=O) groups is 1. The zero-order valence-corrected chi connectivity index (χ0v) is 10.6. The maximum Gasteiger partial charge on any atom is 0.242 e. The van der Waals surface area contributed by atoms with E-state index < -0.39 is 15.9 Å². The number of sulfonamides is 1. The van der Waals surface area contributed by atoms with Gasteiger partial charge in [0, 0.05) is 6.42 Å². The van der Waals surface area contributed by atoms with E-state index in [9.17, 15) is 13.2 Å². The molecule has 5 nitrogen and oxygen atoms in total. The fraction of sp³-hybridized carbons (Fsp3) is 0.300. The zero-order chi connectivity index (χ0) is 12.6. The number of nitrogens with zero attached hydrogens (tertiary/aromatic N) is 1. The van der Waals surface area contributed by atoms with Crippen molar-refractivity contribution in [3.8, 4) is 5.75 Å². The number of halogens is 1. The summed E-state index contributed by atoms with van der Waals surface area (Å²) in [4.78, 5) is 11.5. The molecule has 0 N–H and O–H groups in total. The Kier molecular flexibility index (Phi) is 3.01. The van der Waals surface area contributed by atoms with Crippen LogP contribution in [-0.2, 0) is 14.8 Å². The molecule has 0 bridgehead atoms. The third kappa shape index (κ3) is 2.10. The largest absolute Gasteiger partial charge is 0.495 e. The minimum absolute atomic E-state index is 0.00593. The number of benzene rings is 1. The number of carbonyl (C=O) groups excluding carboxylic acids is 1. The van der Waals surface area contributed by atoms with Gasteiger partial charge in [-0.3, -0.25) is 4.79 Å². The van der Waals surface area contributed by atoms with Gasteiger partial charge in [-0.15, -0.1) is 0 Å². The van der Waals surface area contributed by atoms with Gasteiger partial charge < -0.3 is 4.74 Å². The Labute approximate surface area is 104 Å². The van der Waals surface area contributed by atoms with Crippen LogP contribution in [0.2, 0.25) is 5.02 Å². The highest BCUT2D eigenvalue weighted by atomic mass is 35.5. The molecule has 0 aromatic heterocycles. The quantitative estimate of drug-likeness (QED) is 0.819. The van der Waals surface area contributed by atoms with Gasteiger partial charge in [-0.1, -0.05) is 11.6 Å². The first kappa shape index (κ1) is 12.2. The Bertz CT molecular complexity index is 570. The van der Waals surface area contributed by atoms with Crippen molar-refractivity contribution in [2.45, 2.75) is 6.42 Å². The molecule has 1 heterocycles. The molecule has 1 amide bonds. The van der Waals surface area contributed by atoms with E-state index in [0.717, 1.165) is 4.31 Å². The molecule has 2 rings (SSSR count). The van der Waals surface area contributed by atoms with Crippen LogP contribution in [0.5, 0.6) is 5.75 Å². The van der Waals surface area contributed by atoms with E-state index >= 15 is 0 Å². The molecule has 0 aliphatic carbocycles. The molecule has 1 aromatic rings. The first-order valence-corrected chi connectivity index (χ1v) is 6.84.